The van der Waals surface area contributed by atoms with Crippen molar-refractivity contribution >= 4 is 14.2 Å². The number of alkyl carbamates (subject to hydrolysis) is 1. The fourth-order valence-electron chi connectivity index (χ4n) is 2.12. The Morgan fingerprint density at radius 2 is 1.88 bits per heavy atom. The van der Waals surface area contributed by atoms with Gasteiger partial charge >= 0.3 is 6.09 Å². The molecular weight excluding hydrogens is 230 g/mol. The van der Waals surface area contributed by atoms with Crippen LogP contribution in [-0.2, 0) is 4.74 Å². The second-order valence-electron chi connectivity index (χ2n) is 6.33. The van der Waals surface area contributed by atoms with Crippen LogP contribution in [0.1, 0.15) is 32.1 Å². The molecule has 0 atom stereocenters. The van der Waals surface area contributed by atoms with Crippen molar-refractivity contribution < 1.29 is 9.53 Å². The molecule has 0 unspecified atom stereocenters. The number of rotatable bonds is 5. The second-order valence-corrected chi connectivity index (χ2v) is 12.0. The number of hydrogen-bond acceptors (Lipinski definition) is 2. The first-order valence-electron chi connectivity index (χ1n) is 6.88. The summed E-state index contributed by atoms with van der Waals surface area (Å²) in [6, 6.07) is 1.05. The Balaban J connectivity index is 2.04. The Bertz CT molecular complexity index is 232. The SMILES string of the molecule is C[Si](C)(C)CCOC(=O)NCC1CCCCC1. The van der Waals surface area contributed by atoms with Gasteiger partial charge in [0.05, 0.1) is 6.61 Å². The van der Waals surface area contributed by atoms with E-state index in [0.29, 0.717) is 12.5 Å². The molecule has 0 heterocycles. The molecule has 1 aliphatic rings. The van der Waals surface area contributed by atoms with E-state index >= 15 is 0 Å². The molecule has 0 aromatic carbocycles. The van der Waals surface area contributed by atoms with Gasteiger partial charge in [-0.1, -0.05) is 38.9 Å². The lowest BCUT2D eigenvalue weighted by Gasteiger charge is -2.21. The van der Waals surface area contributed by atoms with Crippen LogP contribution in [0, 0.1) is 5.92 Å². The van der Waals surface area contributed by atoms with E-state index in [0.717, 1.165) is 12.6 Å². The van der Waals surface area contributed by atoms with E-state index in [4.69, 9.17) is 4.74 Å². The van der Waals surface area contributed by atoms with Crippen LogP contribution < -0.4 is 5.32 Å². The molecule has 0 bridgehead atoms. The fraction of sp³-hybridized carbons (Fsp3) is 0.923. The summed E-state index contributed by atoms with van der Waals surface area (Å²) in [6.45, 7) is 8.24. The van der Waals surface area contributed by atoms with Crippen molar-refractivity contribution in [3.8, 4) is 0 Å². The van der Waals surface area contributed by atoms with Crippen LogP contribution in [0.15, 0.2) is 0 Å². The summed E-state index contributed by atoms with van der Waals surface area (Å²) in [4.78, 5) is 11.5. The first kappa shape index (κ1) is 14.5. The molecule has 0 saturated heterocycles. The standard InChI is InChI=1S/C13H27NO2Si/c1-17(2,3)10-9-16-13(15)14-11-12-7-5-4-6-8-12/h12H,4-11H2,1-3H3,(H,14,15). The molecule has 17 heavy (non-hydrogen) atoms. The predicted octanol–water partition coefficient (Wildman–Crippen LogP) is 3.63. The Hall–Kier alpha value is -0.513. The zero-order valence-corrected chi connectivity index (χ0v) is 12.6. The van der Waals surface area contributed by atoms with E-state index in [-0.39, 0.29) is 6.09 Å². The minimum Gasteiger partial charge on any atom is -0.450 e. The van der Waals surface area contributed by atoms with Gasteiger partial charge in [0.25, 0.3) is 0 Å². The Kier molecular flexibility index (Phi) is 6.02. The summed E-state index contributed by atoms with van der Waals surface area (Å²) in [5.74, 6) is 0.674. The molecule has 0 aromatic rings. The lowest BCUT2D eigenvalue weighted by Crippen LogP contribution is -2.32. The first-order valence-corrected chi connectivity index (χ1v) is 10.6. The molecule has 1 amide bonds. The smallest absolute Gasteiger partial charge is 0.407 e. The lowest BCUT2D eigenvalue weighted by molar-refractivity contribution is 0.149. The highest BCUT2D eigenvalue weighted by Gasteiger charge is 2.16. The molecule has 1 saturated carbocycles. The van der Waals surface area contributed by atoms with E-state index < -0.39 is 8.07 Å². The highest BCUT2D eigenvalue weighted by Crippen LogP contribution is 2.22. The van der Waals surface area contributed by atoms with E-state index in [1.807, 2.05) is 0 Å². The maximum absolute atomic E-state index is 11.5. The molecule has 0 radical (unpaired) electrons. The van der Waals surface area contributed by atoms with Crippen LogP contribution in [0.2, 0.25) is 25.7 Å². The Morgan fingerprint density at radius 1 is 1.24 bits per heavy atom. The molecular formula is C13H27NO2Si. The number of carbonyl (C=O) groups excluding carboxylic acids is 1. The number of carbonyl (C=O) groups is 1. The van der Waals surface area contributed by atoms with Gasteiger partial charge in [-0.25, -0.2) is 4.79 Å². The van der Waals surface area contributed by atoms with Crippen LogP contribution in [-0.4, -0.2) is 27.3 Å². The predicted molar refractivity (Wildman–Crippen MR) is 74.1 cm³/mol. The number of amides is 1. The number of nitrogens with one attached hydrogen (secondary N) is 1. The van der Waals surface area contributed by atoms with Crippen LogP contribution in [0.25, 0.3) is 0 Å². The van der Waals surface area contributed by atoms with Crippen molar-refractivity contribution in [1.82, 2.24) is 5.32 Å². The van der Waals surface area contributed by atoms with Gasteiger partial charge in [-0.15, -0.1) is 0 Å². The third-order valence-electron chi connectivity index (χ3n) is 3.35. The molecule has 0 aliphatic heterocycles. The van der Waals surface area contributed by atoms with Gasteiger partial charge in [0.1, 0.15) is 0 Å². The van der Waals surface area contributed by atoms with Gasteiger partial charge in [0.2, 0.25) is 0 Å². The normalized spacial score (nSPS) is 17.8. The average Bonchev–Trinajstić information content (AvgIpc) is 2.26. The Morgan fingerprint density at radius 3 is 2.47 bits per heavy atom. The second kappa shape index (κ2) is 7.04. The zero-order valence-electron chi connectivity index (χ0n) is 11.6. The summed E-state index contributed by atoms with van der Waals surface area (Å²) in [5.41, 5.74) is 0. The summed E-state index contributed by atoms with van der Waals surface area (Å²) in [6.07, 6.45) is 6.28. The monoisotopic (exact) mass is 257 g/mol. The summed E-state index contributed by atoms with van der Waals surface area (Å²) < 4.78 is 5.19. The van der Waals surface area contributed by atoms with E-state index in [2.05, 4.69) is 25.0 Å². The molecule has 1 rings (SSSR count). The maximum Gasteiger partial charge on any atom is 0.407 e. The highest BCUT2D eigenvalue weighted by molar-refractivity contribution is 6.76. The van der Waals surface area contributed by atoms with Gasteiger partial charge in [-0.2, -0.15) is 0 Å². The van der Waals surface area contributed by atoms with Gasteiger partial charge in [-0.3, -0.25) is 0 Å². The number of ether oxygens (including phenoxy) is 1. The molecule has 1 N–H and O–H groups in total. The van der Waals surface area contributed by atoms with Crippen molar-refractivity contribution in [2.45, 2.75) is 57.8 Å². The summed E-state index contributed by atoms with van der Waals surface area (Å²) in [7, 11) is -1.08. The van der Waals surface area contributed by atoms with Gasteiger partial charge in [0, 0.05) is 14.6 Å². The zero-order chi connectivity index (χ0) is 12.7. The van der Waals surface area contributed by atoms with Gasteiger partial charge < -0.3 is 10.1 Å². The topological polar surface area (TPSA) is 38.3 Å². The van der Waals surface area contributed by atoms with Crippen LogP contribution in [0.4, 0.5) is 4.79 Å². The van der Waals surface area contributed by atoms with Crippen molar-refractivity contribution in [2.24, 2.45) is 5.92 Å². The molecule has 3 nitrogen and oxygen atoms in total. The molecule has 1 aliphatic carbocycles. The molecule has 1 fully saturated rings. The van der Waals surface area contributed by atoms with Crippen LogP contribution in [0.3, 0.4) is 0 Å². The third kappa shape index (κ3) is 7.42. The van der Waals surface area contributed by atoms with Crippen LogP contribution >= 0.6 is 0 Å². The third-order valence-corrected chi connectivity index (χ3v) is 5.05. The van der Waals surface area contributed by atoms with Crippen molar-refractivity contribution in [3.63, 3.8) is 0 Å². The Labute approximate surface area is 106 Å². The first-order chi connectivity index (χ1) is 7.97. The van der Waals surface area contributed by atoms with Gasteiger partial charge in [-0.05, 0) is 24.8 Å². The van der Waals surface area contributed by atoms with Crippen molar-refractivity contribution in [1.29, 1.82) is 0 Å². The highest BCUT2D eigenvalue weighted by atomic mass is 28.3. The molecule has 0 spiro atoms. The quantitative estimate of drug-likeness (QED) is 0.764. The summed E-state index contributed by atoms with van der Waals surface area (Å²) >= 11 is 0. The van der Waals surface area contributed by atoms with E-state index in [1.165, 1.54) is 32.1 Å². The minimum atomic E-state index is -1.08. The lowest BCUT2D eigenvalue weighted by atomic mass is 9.89. The summed E-state index contributed by atoms with van der Waals surface area (Å²) in [5, 5.41) is 2.89. The van der Waals surface area contributed by atoms with Gasteiger partial charge in [0.15, 0.2) is 0 Å². The average molecular weight is 257 g/mol. The van der Waals surface area contributed by atoms with Crippen molar-refractivity contribution in [2.75, 3.05) is 13.2 Å². The molecule has 4 heteroatoms. The molecule has 0 aromatic heterocycles. The fourth-order valence-corrected chi connectivity index (χ4v) is 2.83. The largest absolute Gasteiger partial charge is 0.450 e. The minimum absolute atomic E-state index is 0.228. The van der Waals surface area contributed by atoms with E-state index in [1.54, 1.807) is 0 Å². The van der Waals surface area contributed by atoms with E-state index in [9.17, 15) is 4.79 Å². The number of hydrogen-bond donors (Lipinski definition) is 1. The van der Waals surface area contributed by atoms with Crippen molar-refractivity contribution in [3.05, 3.63) is 0 Å². The molecule has 100 valence electrons. The van der Waals surface area contributed by atoms with Crippen LogP contribution in [0.5, 0.6) is 0 Å². The maximum atomic E-state index is 11.5.